The monoisotopic (exact) mass is 476 g/mol. The molecule has 0 aliphatic carbocycles. The summed E-state index contributed by atoms with van der Waals surface area (Å²) >= 11 is 6.40. The lowest BCUT2D eigenvalue weighted by Crippen LogP contribution is -2.40. The number of halogens is 1. The highest BCUT2D eigenvalue weighted by Gasteiger charge is 2.14. The van der Waals surface area contributed by atoms with Gasteiger partial charge < -0.3 is 19.4 Å². The molecule has 0 spiro atoms. The highest BCUT2D eigenvalue weighted by atomic mass is 35.5. The molecule has 0 saturated carbocycles. The Labute approximate surface area is 205 Å². The molecule has 2 aromatic heterocycles. The van der Waals surface area contributed by atoms with Crippen LogP contribution in [0, 0.1) is 0 Å². The van der Waals surface area contributed by atoms with E-state index in [9.17, 15) is 0 Å². The molecule has 0 atom stereocenters. The van der Waals surface area contributed by atoms with E-state index in [0.29, 0.717) is 11.6 Å². The maximum Gasteiger partial charge on any atom is 0.139 e. The first-order chi connectivity index (χ1) is 16.7. The van der Waals surface area contributed by atoms with Crippen molar-refractivity contribution < 1.29 is 9.47 Å². The van der Waals surface area contributed by atoms with Crippen LogP contribution in [0.4, 0.5) is 5.69 Å². The van der Waals surface area contributed by atoms with Crippen LogP contribution in [0.5, 0.6) is 5.75 Å². The van der Waals surface area contributed by atoms with E-state index >= 15 is 0 Å². The number of hydrogen-bond acceptors (Lipinski definition) is 5. The average molecular weight is 477 g/mol. The third-order valence-electron chi connectivity index (χ3n) is 6.23. The van der Waals surface area contributed by atoms with Crippen LogP contribution in [0.3, 0.4) is 0 Å². The van der Waals surface area contributed by atoms with Crippen LogP contribution < -0.4 is 9.64 Å². The third kappa shape index (κ3) is 5.36. The van der Waals surface area contributed by atoms with Crippen LogP contribution in [0.15, 0.2) is 66.9 Å². The van der Waals surface area contributed by atoms with E-state index in [1.54, 1.807) is 6.20 Å². The van der Waals surface area contributed by atoms with Gasteiger partial charge in [-0.25, -0.2) is 4.98 Å². The molecule has 0 bridgehead atoms. The summed E-state index contributed by atoms with van der Waals surface area (Å²) in [5, 5.41) is 1.60. The Morgan fingerprint density at radius 3 is 2.71 bits per heavy atom. The maximum atomic E-state index is 6.40. The van der Waals surface area contributed by atoms with Crippen molar-refractivity contribution in [3.8, 4) is 17.0 Å². The third-order valence-corrected chi connectivity index (χ3v) is 6.55. The molecular weight excluding hydrogens is 448 g/mol. The molecule has 1 aliphatic heterocycles. The molecule has 5 rings (SSSR count). The number of fused-ring (bicyclic) bond motifs is 1. The van der Waals surface area contributed by atoms with Gasteiger partial charge in [-0.2, -0.15) is 0 Å². The fourth-order valence-corrected chi connectivity index (χ4v) is 4.38. The number of nitrogens with one attached hydrogen (secondary N) is 1. The first-order valence-corrected chi connectivity index (χ1v) is 12.0. The van der Waals surface area contributed by atoms with Gasteiger partial charge in [-0.3, -0.25) is 4.90 Å². The summed E-state index contributed by atoms with van der Waals surface area (Å²) in [5.41, 5.74) is 5.01. The highest BCUT2D eigenvalue weighted by Crippen LogP contribution is 2.33. The predicted octanol–water partition coefficient (Wildman–Crippen LogP) is 5.23. The Hall–Kier alpha value is -3.06. The van der Waals surface area contributed by atoms with Crippen LogP contribution in [-0.2, 0) is 11.3 Å². The molecule has 6 nitrogen and oxygen atoms in total. The Morgan fingerprint density at radius 2 is 1.91 bits per heavy atom. The zero-order valence-corrected chi connectivity index (χ0v) is 20.1. The molecule has 2 aromatic carbocycles. The summed E-state index contributed by atoms with van der Waals surface area (Å²) in [4.78, 5) is 12.6. The van der Waals surface area contributed by atoms with Crippen molar-refractivity contribution in [2.45, 2.75) is 6.61 Å². The first kappa shape index (κ1) is 22.7. The number of benzene rings is 2. The lowest BCUT2D eigenvalue weighted by Gasteiger charge is -2.29. The fraction of sp³-hybridized carbons (Fsp3) is 0.296. The molecule has 1 N–H and O–H groups in total. The predicted molar refractivity (Wildman–Crippen MR) is 138 cm³/mol. The Morgan fingerprint density at radius 1 is 1.09 bits per heavy atom. The minimum Gasteiger partial charge on any atom is -0.489 e. The van der Waals surface area contributed by atoms with E-state index in [2.05, 4.69) is 63.2 Å². The van der Waals surface area contributed by atoms with Gasteiger partial charge in [-0.15, -0.1) is 0 Å². The number of H-pyrrole nitrogens is 1. The van der Waals surface area contributed by atoms with Crippen LogP contribution in [0.25, 0.3) is 22.3 Å². The number of rotatable bonds is 8. The van der Waals surface area contributed by atoms with Crippen molar-refractivity contribution in [3.63, 3.8) is 0 Å². The zero-order valence-electron chi connectivity index (χ0n) is 19.3. The molecule has 3 heterocycles. The Bertz CT molecular complexity index is 1240. The Balaban J connectivity index is 1.42. The van der Waals surface area contributed by atoms with E-state index in [-0.39, 0.29) is 0 Å². The summed E-state index contributed by atoms with van der Waals surface area (Å²) in [7, 11) is 2.13. The number of pyridine rings is 1. The van der Waals surface area contributed by atoms with Crippen molar-refractivity contribution in [2.75, 3.05) is 51.3 Å². The standard InChI is InChI=1S/C27H29ClN4O2/c1-31(9-10-32-11-13-33-14-12-32)22-15-21(26-18-24-25(28)7-8-29-27(24)30-26)16-23(17-22)34-19-20-5-3-2-4-6-20/h2-8,15-18H,9-14,19H2,1H3,(H,29,30). The SMILES string of the molecule is CN(CCN1CCOCC1)c1cc(OCc2ccccc2)cc(-c2cc3c(Cl)ccnc3[nH]2)c1. The number of anilines is 1. The van der Waals surface area contributed by atoms with Crippen molar-refractivity contribution in [2.24, 2.45) is 0 Å². The highest BCUT2D eigenvalue weighted by molar-refractivity contribution is 6.35. The summed E-state index contributed by atoms with van der Waals surface area (Å²) in [5.74, 6) is 0.826. The average Bonchev–Trinajstić information content (AvgIpc) is 3.33. The normalized spacial score (nSPS) is 14.4. The first-order valence-electron chi connectivity index (χ1n) is 11.6. The number of hydrogen-bond donors (Lipinski definition) is 1. The van der Waals surface area contributed by atoms with E-state index in [0.717, 1.165) is 78.7 Å². The van der Waals surface area contributed by atoms with Crippen molar-refractivity contribution in [3.05, 3.63) is 77.4 Å². The van der Waals surface area contributed by atoms with Gasteiger partial charge in [0, 0.05) is 67.8 Å². The molecule has 4 aromatic rings. The van der Waals surface area contributed by atoms with Gasteiger partial charge in [0.15, 0.2) is 0 Å². The van der Waals surface area contributed by atoms with Crippen LogP contribution in [0.2, 0.25) is 5.02 Å². The van der Waals surface area contributed by atoms with Gasteiger partial charge in [-0.1, -0.05) is 41.9 Å². The number of aromatic nitrogens is 2. The lowest BCUT2D eigenvalue weighted by atomic mass is 10.1. The van der Waals surface area contributed by atoms with Crippen LogP contribution in [-0.4, -0.2) is 61.3 Å². The topological polar surface area (TPSA) is 53.6 Å². The molecule has 176 valence electrons. The van der Waals surface area contributed by atoms with Gasteiger partial charge in [0.2, 0.25) is 0 Å². The van der Waals surface area contributed by atoms with Gasteiger partial charge in [-0.05, 0) is 29.8 Å². The van der Waals surface area contributed by atoms with Gasteiger partial charge >= 0.3 is 0 Å². The molecule has 7 heteroatoms. The molecule has 1 fully saturated rings. The van der Waals surface area contributed by atoms with Crippen molar-refractivity contribution >= 4 is 28.3 Å². The lowest BCUT2D eigenvalue weighted by molar-refractivity contribution is 0.0393. The number of ether oxygens (including phenoxy) is 2. The van der Waals surface area contributed by atoms with E-state index < -0.39 is 0 Å². The smallest absolute Gasteiger partial charge is 0.139 e. The second kappa shape index (κ2) is 10.5. The summed E-state index contributed by atoms with van der Waals surface area (Å²) in [6.07, 6.45) is 1.72. The van der Waals surface area contributed by atoms with E-state index in [4.69, 9.17) is 21.1 Å². The van der Waals surface area contributed by atoms with Crippen LogP contribution in [0.1, 0.15) is 5.56 Å². The molecule has 0 radical (unpaired) electrons. The molecule has 1 aliphatic rings. The quantitative estimate of drug-likeness (QED) is 0.377. The summed E-state index contributed by atoms with van der Waals surface area (Å²) < 4.78 is 11.7. The van der Waals surface area contributed by atoms with Crippen LogP contribution >= 0.6 is 11.6 Å². The Kier molecular flexibility index (Phi) is 7.00. The molecule has 0 amide bonds. The van der Waals surface area contributed by atoms with Crippen molar-refractivity contribution in [1.82, 2.24) is 14.9 Å². The fourth-order valence-electron chi connectivity index (χ4n) is 4.18. The zero-order chi connectivity index (χ0) is 23.3. The number of morpholine rings is 1. The molecule has 0 unspecified atom stereocenters. The van der Waals surface area contributed by atoms with E-state index in [1.165, 1.54) is 0 Å². The number of likely N-dealkylation sites (N-methyl/N-ethyl adjacent to an activating group) is 1. The second-order valence-corrected chi connectivity index (χ2v) is 9.01. The van der Waals surface area contributed by atoms with Gasteiger partial charge in [0.1, 0.15) is 18.0 Å². The molecule has 34 heavy (non-hydrogen) atoms. The second-order valence-electron chi connectivity index (χ2n) is 8.60. The maximum absolute atomic E-state index is 6.40. The number of nitrogens with zero attached hydrogens (tertiary/aromatic N) is 3. The summed E-state index contributed by atoms with van der Waals surface area (Å²) in [6.45, 7) is 6.03. The molecule has 1 saturated heterocycles. The van der Waals surface area contributed by atoms with E-state index in [1.807, 2.05) is 24.3 Å². The van der Waals surface area contributed by atoms with Gasteiger partial charge in [0.05, 0.1) is 18.2 Å². The number of aromatic amines is 1. The molecular formula is C27H29ClN4O2. The minimum absolute atomic E-state index is 0.515. The van der Waals surface area contributed by atoms with Gasteiger partial charge in [0.25, 0.3) is 0 Å². The summed E-state index contributed by atoms with van der Waals surface area (Å²) in [6, 6.07) is 20.5. The largest absolute Gasteiger partial charge is 0.489 e. The van der Waals surface area contributed by atoms with Crippen molar-refractivity contribution in [1.29, 1.82) is 0 Å². The minimum atomic E-state index is 0.515.